The van der Waals surface area contributed by atoms with Gasteiger partial charge in [-0.15, -0.1) is 32.8 Å². The zero-order valence-electron chi connectivity index (χ0n) is 30.6. The van der Waals surface area contributed by atoms with Crippen molar-refractivity contribution < 1.29 is 0 Å². The van der Waals surface area contributed by atoms with Crippen LogP contribution in [0.5, 0.6) is 0 Å². The van der Waals surface area contributed by atoms with Gasteiger partial charge in [-0.05, 0) is 52.6 Å². The van der Waals surface area contributed by atoms with Crippen LogP contribution in [0.1, 0.15) is 25.0 Å². The summed E-state index contributed by atoms with van der Waals surface area (Å²) in [6, 6.07) is 29.5. The molecule has 0 spiro atoms. The van der Waals surface area contributed by atoms with E-state index in [1.165, 1.54) is 22.3 Å². The van der Waals surface area contributed by atoms with Gasteiger partial charge >= 0.3 is 0 Å². The molecular formula is C42H20B10N4. The maximum absolute atomic E-state index is 6.52. The molecule has 1 aliphatic rings. The summed E-state index contributed by atoms with van der Waals surface area (Å²) < 4.78 is 2.26. The largest absolute Gasteiger partial charge is 0.309 e. The molecule has 1 aliphatic carbocycles. The van der Waals surface area contributed by atoms with Crippen LogP contribution in [0.4, 0.5) is 0 Å². The minimum atomic E-state index is -0.196. The number of rotatable bonds is 4. The Morgan fingerprint density at radius 3 is 1.55 bits per heavy atom. The van der Waals surface area contributed by atoms with Gasteiger partial charge in [0, 0.05) is 38.6 Å². The van der Waals surface area contributed by atoms with Crippen LogP contribution in [-0.4, -0.2) is 98.0 Å². The van der Waals surface area contributed by atoms with E-state index in [-0.39, 0.29) is 88.6 Å². The Hall–Kier alpha value is -5.22. The molecule has 0 fully saturated rings. The molecule has 6 aromatic carbocycles. The van der Waals surface area contributed by atoms with E-state index in [2.05, 4.69) is 73.0 Å². The van der Waals surface area contributed by atoms with Crippen molar-refractivity contribution in [2.75, 3.05) is 0 Å². The molecule has 14 heteroatoms. The lowest BCUT2D eigenvalue weighted by Crippen LogP contribution is -2.55. The summed E-state index contributed by atoms with van der Waals surface area (Å²) in [4.78, 5) is 14.5. The molecule has 0 bridgehead atoms. The lowest BCUT2D eigenvalue weighted by atomic mass is 9.60. The highest BCUT2D eigenvalue weighted by atomic mass is 15.0. The van der Waals surface area contributed by atoms with Gasteiger partial charge < -0.3 is 4.57 Å². The SMILES string of the molecule is [B]c1c([B])c([B])c(-c2nc(-c3cccc(-n4c5ccccc5c5cc6c(cc54)C(C)(C)c4ccccc4-6)c3)nc(-c3c([B])c([B])c([B])c([B])c3[B])n2)c([B])c1[B]. The second-order valence-electron chi connectivity index (χ2n) is 14.7. The Bertz CT molecular complexity index is 2880. The normalized spacial score (nSPS) is 13.0. The molecule has 0 amide bonds. The van der Waals surface area contributed by atoms with Gasteiger partial charge in [0.2, 0.25) is 0 Å². The Morgan fingerprint density at radius 1 is 0.429 bits per heavy atom. The van der Waals surface area contributed by atoms with E-state index >= 15 is 0 Å². The van der Waals surface area contributed by atoms with Gasteiger partial charge in [0.25, 0.3) is 0 Å². The summed E-state index contributed by atoms with van der Waals surface area (Å²) in [6.45, 7) is 4.55. The van der Waals surface area contributed by atoms with E-state index in [0.29, 0.717) is 5.56 Å². The van der Waals surface area contributed by atoms with Crippen molar-refractivity contribution in [3.8, 4) is 51.0 Å². The highest BCUT2D eigenvalue weighted by Crippen LogP contribution is 2.51. The quantitative estimate of drug-likeness (QED) is 0.206. The minimum Gasteiger partial charge on any atom is -0.309 e. The highest BCUT2D eigenvalue weighted by molar-refractivity contribution is 6.69. The summed E-state index contributed by atoms with van der Waals surface area (Å²) in [5, 5.41) is 2.26. The molecule has 2 heterocycles. The number of nitrogens with zero attached hydrogens (tertiary/aromatic N) is 4. The molecule has 0 aliphatic heterocycles. The molecule has 2 aromatic heterocycles. The van der Waals surface area contributed by atoms with Crippen LogP contribution in [0.25, 0.3) is 72.8 Å². The number of fused-ring (bicyclic) bond motifs is 6. The van der Waals surface area contributed by atoms with Crippen molar-refractivity contribution in [3.63, 3.8) is 0 Å². The number of benzene rings is 6. The molecule has 0 saturated heterocycles. The Kier molecular flexibility index (Phi) is 8.40. The average molecular weight is 689 g/mol. The van der Waals surface area contributed by atoms with Crippen LogP contribution in [0.15, 0.2) is 84.9 Å². The van der Waals surface area contributed by atoms with Gasteiger partial charge in [0.1, 0.15) is 78.5 Å². The smallest absolute Gasteiger partial charge is 0.164 e. The summed E-state index contributed by atoms with van der Waals surface area (Å²) in [5.41, 5.74) is 9.09. The molecule has 0 N–H and O–H groups in total. The van der Waals surface area contributed by atoms with Crippen molar-refractivity contribution in [1.82, 2.24) is 19.5 Å². The van der Waals surface area contributed by atoms with Gasteiger partial charge in [-0.3, -0.25) is 0 Å². The van der Waals surface area contributed by atoms with Crippen molar-refractivity contribution in [3.05, 3.63) is 96.1 Å². The van der Waals surface area contributed by atoms with E-state index in [1.807, 2.05) is 30.3 Å². The van der Waals surface area contributed by atoms with Gasteiger partial charge in [0.15, 0.2) is 17.5 Å². The summed E-state index contributed by atoms with van der Waals surface area (Å²) >= 11 is 0. The molecule has 0 saturated carbocycles. The fraction of sp³-hybridized carbons (Fsp3) is 0.0714. The molecule has 238 valence electrons. The molecule has 56 heavy (non-hydrogen) atoms. The van der Waals surface area contributed by atoms with E-state index in [4.69, 9.17) is 93.4 Å². The Labute approximate surface area is 339 Å². The van der Waals surface area contributed by atoms with Crippen LogP contribution in [0.2, 0.25) is 0 Å². The Morgan fingerprint density at radius 2 is 0.946 bits per heavy atom. The third kappa shape index (κ3) is 5.17. The van der Waals surface area contributed by atoms with Crippen molar-refractivity contribution in [2.45, 2.75) is 19.3 Å². The fourth-order valence-electron chi connectivity index (χ4n) is 8.14. The van der Waals surface area contributed by atoms with Crippen LogP contribution >= 0.6 is 0 Å². The van der Waals surface area contributed by atoms with E-state index < -0.39 is 0 Å². The summed E-state index contributed by atoms with van der Waals surface area (Å²) in [7, 11) is 63.5. The first-order chi connectivity index (χ1) is 26.7. The molecule has 4 nitrogen and oxygen atoms in total. The third-order valence-electron chi connectivity index (χ3n) is 11.2. The first kappa shape index (κ1) is 36.4. The molecule has 20 radical (unpaired) electrons. The zero-order chi connectivity index (χ0) is 39.5. The van der Waals surface area contributed by atoms with E-state index in [9.17, 15) is 0 Å². The zero-order valence-corrected chi connectivity index (χ0v) is 30.6. The Balaban J connectivity index is 1.30. The molecule has 0 unspecified atom stereocenters. The number of aromatic nitrogens is 4. The third-order valence-corrected chi connectivity index (χ3v) is 11.2. The standard InChI is InChI=1S/C42H20B10N4/c1-42(2)23-12-5-3-10-19(23)21-15-22-20-11-4-6-13-25(20)56(26(22)16-24(21)42)18-9-7-8-17(14-18)39-53-40(27-29(43)33(47)37(51)34(48)30(27)44)55-41(54-39)28-31(45)35(49)38(52)36(50)32(28)46/h3-16H,1-2H3. The van der Waals surface area contributed by atoms with Crippen LogP contribution in [-0.2, 0) is 5.41 Å². The highest BCUT2D eigenvalue weighted by Gasteiger charge is 2.36. The van der Waals surface area contributed by atoms with Crippen LogP contribution in [0.3, 0.4) is 0 Å². The van der Waals surface area contributed by atoms with Gasteiger partial charge in [-0.1, -0.05) is 90.3 Å². The maximum Gasteiger partial charge on any atom is 0.164 e. The van der Waals surface area contributed by atoms with Gasteiger partial charge in [0.05, 0.1) is 11.0 Å². The van der Waals surface area contributed by atoms with Gasteiger partial charge in [-0.25, -0.2) is 15.0 Å². The number of hydrogen-bond acceptors (Lipinski definition) is 3. The molecular weight excluding hydrogens is 669 g/mol. The monoisotopic (exact) mass is 690 g/mol. The molecule has 9 rings (SSSR count). The summed E-state index contributed by atoms with van der Waals surface area (Å²) in [6.07, 6.45) is 0. The molecule has 8 aromatic rings. The maximum atomic E-state index is 6.52. The first-order valence-electron chi connectivity index (χ1n) is 17.8. The van der Waals surface area contributed by atoms with Crippen molar-refractivity contribution >= 4 is 155 Å². The first-order valence-corrected chi connectivity index (χ1v) is 17.8. The van der Waals surface area contributed by atoms with Crippen molar-refractivity contribution in [2.24, 2.45) is 0 Å². The van der Waals surface area contributed by atoms with Crippen LogP contribution in [0, 0.1) is 0 Å². The van der Waals surface area contributed by atoms with E-state index in [1.54, 1.807) is 0 Å². The van der Waals surface area contributed by atoms with E-state index in [0.717, 1.165) is 27.5 Å². The number of para-hydroxylation sites is 1. The second kappa shape index (κ2) is 12.9. The number of hydrogen-bond donors (Lipinski definition) is 0. The van der Waals surface area contributed by atoms with Crippen LogP contribution < -0.4 is 54.6 Å². The predicted molar refractivity (Wildman–Crippen MR) is 242 cm³/mol. The minimum absolute atomic E-state index is 0.0290. The predicted octanol–water partition coefficient (Wildman–Crippen LogP) is -1.79. The second-order valence-corrected chi connectivity index (χ2v) is 14.7. The van der Waals surface area contributed by atoms with Crippen molar-refractivity contribution in [1.29, 1.82) is 0 Å². The molecule has 0 atom stereocenters. The lowest BCUT2D eigenvalue weighted by molar-refractivity contribution is 0.661. The fourth-order valence-corrected chi connectivity index (χ4v) is 8.14. The average Bonchev–Trinajstić information content (AvgIpc) is 3.65. The lowest BCUT2D eigenvalue weighted by Gasteiger charge is -2.23. The topological polar surface area (TPSA) is 43.6 Å². The van der Waals surface area contributed by atoms with Gasteiger partial charge in [-0.2, -0.15) is 0 Å². The summed E-state index contributed by atoms with van der Waals surface area (Å²) in [5.74, 6) is 0.294.